The highest BCUT2D eigenvalue weighted by Crippen LogP contribution is 2.33. The second-order valence-electron chi connectivity index (χ2n) is 7.83. The number of sulfonamides is 1. The lowest BCUT2D eigenvalue weighted by atomic mass is 10.0. The topological polar surface area (TPSA) is 46.6 Å². The minimum absolute atomic E-state index is 0.00978. The molecule has 0 aromatic heterocycles. The molecule has 1 aliphatic rings. The van der Waals surface area contributed by atoms with Gasteiger partial charge in [0, 0.05) is 5.56 Å². The summed E-state index contributed by atoms with van der Waals surface area (Å²) < 4.78 is 61.0. The average molecular weight is 441 g/mol. The van der Waals surface area contributed by atoms with Crippen molar-refractivity contribution in [1.82, 2.24) is 0 Å². The zero-order valence-corrected chi connectivity index (χ0v) is 17.9. The summed E-state index contributed by atoms with van der Waals surface area (Å²) in [5.41, 5.74) is 1.57. The number of halogens is 2. The van der Waals surface area contributed by atoms with Crippen molar-refractivity contribution in [3.8, 4) is 5.75 Å². The van der Waals surface area contributed by atoms with Gasteiger partial charge in [-0.3, -0.25) is 4.31 Å². The minimum atomic E-state index is -4.15. The van der Waals surface area contributed by atoms with Gasteiger partial charge in [-0.2, -0.15) is 0 Å². The van der Waals surface area contributed by atoms with Crippen LogP contribution < -0.4 is 9.04 Å². The largest absolute Gasteiger partial charge is 0.483 e. The predicted molar refractivity (Wildman–Crippen MR) is 116 cm³/mol. The van der Waals surface area contributed by atoms with Gasteiger partial charge in [-0.1, -0.05) is 30.3 Å². The fraction of sp³-hybridized carbons (Fsp3) is 0.167. The number of para-hydroxylation sites is 1. The number of fused-ring (bicyclic) bond motifs is 1. The Morgan fingerprint density at radius 2 is 1.68 bits per heavy atom. The van der Waals surface area contributed by atoms with Gasteiger partial charge >= 0.3 is 0 Å². The van der Waals surface area contributed by atoms with Gasteiger partial charge in [0.2, 0.25) is 0 Å². The fourth-order valence-corrected chi connectivity index (χ4v) is 4.83. The summed E-state index contributed by atoms with van der Waals surface area (Å²) in [6.07, 6.45) is 3.88. The van der Waals surface area contributed by atoms with Crippen LogP contribution in [0.2, 0.25) is 0 Å². The molecule has 1 aliphatic heterocycles. The second-order valence-corrected chi connectivity index (χ2v) is 9.70. The molecule has 0 fully saturated rings. The third-order valence-electron chi connectivity index (χ3n) is 4.96. The molecule has 31 heavy (non-hydrogen) atoms. The summed E-state index contributed by atoms with van der Waals surface area (Å²) in [4.78, 5) is -0.321. The van der Waals surface area contributed by atoms with Crippen molar-refractivity contribution in [3.05, 3.63) is 95.6 Å². The van der Waals surface area contributed by atoms with Crippen LogP contribution in [-0.2, 0) is 16.6 Å². The number of anilines is 1. The van der Waals surface area contributed by atoms with E-state index in [9.17, 15) is 17.2 Å². The lowest BCUT2D eigenvalue weighted by Gasteiger charge is -2.29. The van der Waals surface area contributed by atoms with Gasteiger partial charge in [-0.15, -0.1) is 0 Å². The zero-order chi connectivity index (χ0) is 22.2. The van der Waals surface area contributed by atoms with Crippen molar-refractivity contribution < 1.29 is 21.9 Å². The van der Waals surface area contributed by atoms with Gasteiger partial charge in [0.05, 0.1) is 17.1 Å². The number of hydrogen-bond donors (Lipinski definition) is 0. The molecule has 0 saturated carbocycles. The molecule has 0 radical (unpaired) electrons. The van der Waals surface area contributed by atoms with Crippen LogP contribution in [0.3, 0.4) is 0 Å². The van der Waals surface area contributed by atoms with E-state index < -0.39 is 27.3 Å². The van der Waals surface area contributed by atoms with Gasteiger partial charge in [0.1, 0.15) is 11.4 Å². The summed E-state index contributed by atoms with van der Waals surface area (Å²) in [5.74, 6) is -1.60. The van der Waals surface area contributed by atoms with Crippen LogP contribution in [0.5, 0.6) is 5.75 Å². The van der Waals surface area contributed by atoms with Crippen LogP contribution in [0.1, 0.15) is 25.0 Å². The Morgan fingerprint density at radius 1 is 0.935 bits per heavy atom. The van der Waals surface area contributed by atoms with E-state index in [1.165, 1.54) is 4.31 Å². The molecule has 0 atom stereocenters. The molecule has 0 saturated heterocycles. The maximum Gasteiger partial charge on any atom is 0.264 e. The van der Waals surface area contributed by atoms with Crippen molar-refractivity contribution >= 4 is 21.8 Å². The first-order valence-electron chi connectivity index (χ1n) is 9.70. The summed E-state index contributed by atoms with van der Waals surface area (Å²) in [5, 5.41) is 0. The Bertz CT molecular complexity index is 1260. The third-order valence-corrected chi connectivity index (χ3v) is 6.73. The van der Waals surface area contributed by atoms with E-state index in [4.69, 9.17) is 4.74 Å². The van der Waals surface area contributed by atoms with Gasteiger partial charge in [-0.25, -0.2) is 17.2 Å². The quantitative estimate of drug-likeness (QED) is 0.522. The first-order valence-corrected chi connectivity index (χ1v) is 11.1. The molecule has 0 bridgehead atoms. The van der Waals surface area contributed by atoms with Crippen molar-refractivity contribution in [2.75, 3.05) is 4.31 Å². The Hall–Kier alpha value is -3.19. The highest BCUT2D eigenvalue weighted by molar-refractivity contribution is 7.92. The lowest BCUT2D eigenvalue weighted by molar-refractivity contribution is 0.159. The Balaban J connectivity index is 1.74. The number of hydrogen-bond acceptors (Lipinski definition) is 3. The highest BCUT2D eigenvalue weighted by atomic mass is 32.2. The number of benzene rings is 3. The fourth-order valence-electron chi connectivity index (χ4n) is 3.37. The van der Waals surface area contributed by atoms with Crippen LogP contribution in [0.4, 0.5) is 14.5 Å². The minimum Gasteiger partial charge on any atom is -0.483 e. The maximum atomic E-state index is 13.8. The molecular formula is C24H21F2NO3S. The first-order chi connectivity index (χ1) is 14.7. The summed E-state index contributed by atoms with van der Waals surface area (Å²) in [6, 6.07) is 16.6. The van der Waals surface area contributed by atoms with E-state index in [1.54, 1.807) is 36.4 Å². The molecule has 0 aliphatic carbocycles. The molecule has 4 nitrogen and oxygen atoms in total. The maximum absolute atomic E-state index is 13.8. The number of nitrogens with zero attached hydrogens (tertiary/aromatic N) is 1. The molecule has 3 aromatic carbocycles. The third kappa shape index (κ3) is 4.32. The normalized spacial score (nSPS) is 14.6. The van der Waals surface area contributed by atoms with Crippen molar-refractivity contribution in [1.29, 1.82) is 0 Å². The average Bonchev–Trinajstić information content (AvgIpc) is 2.74. The van der Waals surface area contributed by atoms with E-state index in [0.717, 1.165) is 23.3 Å². The molecule has 3 aromatic rings. The van der Waals surface area contributed by atoms with Gasteiger partial charge in [-0.05, 0) is 68.0 Å². The van der Waals surface area contributed by atoms with Crippen LogP contribution >= 0.6 is 0 Å². The Morgan fingerprint density at radius 3 is 2.39 bits per heavy atom. The van der Waals surface area contributed by atoms with Gasteiger partial charge in [0.15, 0.2) is 11.6 Å². The predicted octanol–water partition coefficient (Wildman–Crippen LogP) is 5.54. The highest BCUT2D eigenvalue weighted by Gasteiger charge is 2.27. The second kappa shape index (κ2) is 7.81. The van der Waals surface area contributed by atoms with Crippen LogP contribution in [0.15, 0.2) is 77.7 Å². The number of ether oxygens (including phenoxy) is 1. The monoisotopic (exact) mass is 441 g/mol. The molecule has 1 heterocycles. The van der Waals surface area contributed by atoms with Crippen molar-refractivity contribution in [2.45, 2.75) is 30.9 Å². The van der Waals surface area contributed by atoms with Gasteiger partial charge < -0.3 is 4.74 Å². The Labute approximate surface area is 180 Å². The summed E-state index contributed by atoms with van der Waals surface area (Å²) in [6.45, 7) is 3.91. The van der Waals surface area contributed by atoms with E-state index in [0.29, 0.717) is 17.5 Å². The van der Waals surface area contributed by atoms with E-state index in [-0.39, 0.29) is 11.4 Å². The molecular weight excluding hydrogens is 420 g/mol. The van der Waals surface area contributed by atoms with E-state index in [2.05, 4.69) is 0 Å². The molecule has 0 unspecified atom stereocenters. The standard InChI is InChI=1S/C24H21F2NO3S/c1-24(2)13-12-18-14-17(8-11-23(18)30-24)16-27(19-6-4-3-5-7-19)31(28,29)20-9-10-21(25)22(26)15-20/h3-15H,16H2,1-2H3. The molecule has 4 rings (SSSR count). The van der Waals surface area contributed by atoms with Crippen LogP contribution in [0, 0.1) is 11.6 Å². The lowest BCUT2D eigenvalue weighted by Crippen LogP contribution is -2.31. The summed E-state index contributed by atoms with van der Waals surface area (Å²) >= 11 is 0. The van der Waals surface area contributed by atoms with Crippen molar-refractivity contribution in [3.63, 3.8) is 0 Å². The molecule has 7 heteroatoms. The number of rotatable bonds is 5. The molecule has 0 N–H and O–H groups in total. The van der Waals surface area contributed by atoms with Crippen LogP contribution in [-0.4, -0.2) is 14.0 Å². The Kier molecular flexibility index (Phi) is 5.31. The zero-order valence-electron chi connectivity index (χ0n) is 17.0. The molecule has 160 valence electrons. The first kappa shape index (κ1) is 21.1. The summed E-state index contributed by atoms with van der Waals surface area (Å²) in [7, 11) is -4.15. The SMILES string of the molecule is CC1(C)C=Cc2cc(CN(c3ccccc3)S(=O)(=O)c3ccc(F)c(F)c3)ccc2O1. The molecule has 0 spiro atoms. The van der Waals surface area contributed by atoms with Crippen molar-refractivity contribution in [2.24, 2.45) is 0 Å². The van der Waals surface area contributed by atoms with Crippen LogP contribution in [0.25, 0.3) is 6.08 Å². The van der Waals surface area contributed by atoms with E-state index >= 15 is 0 Å². The smallest absolute Gasteiger partial charge is 0.264 e. The van der Waals surface area contributed by atoms with Gasteiger partial charge in [0.25, 0.3) is 10.0 Å². The van der Waals surface area contributed by atoms with E-state index in [1.807, 2.05) is 38.1 Å². The molecule has 0 amide bonds.